The van der Waals surface area contributed by atoms with Gasteiger partial charge in [-0.25, -0.2) is 15.0 Å². The topological polar surface area (TPSA) is 73.2 Å². The van der Waals surface area contributed by atoms with Gasteiger partial charge in [-0.15, -0.1) is 34.0 Å². The average Bonchev–Trinajstić information content (AvgIpc) is 4.04. The highest BCUT2D eigenvalue weighted by Gasteiger charge is 2.11. The van der Waals surface area contributed by atoms with Crippen molar-refractivity contribution < 1.29 is 4.74 Å². The number of nitrogens with zero attached hydrogens (tertiary/aromatic N) is 5. The zero-order valence-electron chi connectivity index (χ0n) is 34.7. The molecule has 9 rings (SSSR count). The normalized spacial score (nSPS) is 12.3. The van der Waals surface area contributed by atoms with Gasteiger partial charge in [0, 0.05) is 35.6 Å². The summed E-state index contributed by atoms with van der Waals surface area (Å²) in [5.41, 5.74) is 9.48. The quantitative estimate of drug-likeness (QED) is 0.167. The number of fused-ring (bicyclic) bond motifs is 4. The molecule has 0 bridgehead atoms. The lowest BCUT2D eigenvalue weighted by Gasteiger charge is -2.05. The fourth-order valence-electron chi connectivity index (χ4n) is 5.91. The standard InChI is InChI=1S/C14H14N2S.C12H13N.C11H13NOS.C11H13NS/c1-9(2)14-16-12-4-3-10(7-13(12)17-14)11-5-6-15-8-11;1-9(2)11-7-10-5-3-4-6-12(10)13-8-11;1-7(2)11-12-9-5-4-8(13-3)6-10(9)14-11;1-7(2)11-12-9-5-4-8(3)6-10(9)13-11/h3-5,7-9H,6H2,1-2H3;3-9H,1-2H3;4-7H,1-3H3;4-7H,1-3H3. The Morgan fingerprint density at radius 1 is 0.579 bits per heavy atom. The highest BCUT2D eigenvalue weighted by atomic mass is 32.1. The number of thiazole rings is 3. The van der Waals surface area contributed by atoms with Crippen molar-refractivity contribution in [3.8, 4) is 5.75 Å². The largest absolute Gasteiger partial charge is 0.497 e. The minimum absolute atomic E-state index is 0.499. The number of hydrogen-bond acceptors (Lipinski definition) is 9. The van der Waals surface area contributed by atoms with Crippen molar-refractivity contribution in [1.82, 2.24) is 19.9 Å². The molecule has 294 valence electrons. The molecule has 0 unspecified atom stereocenters. The number of hydrogen-bond donors (Lipinski definition) is 0. The van der Waals surface area contributed by atoms with Crippen LogP contribution in [-0.2, 0) is 0 Å². The lowest BCUT2D eigenvalue weighted by Crippen LogP contribution is -1.88. The monoisotopic (exact) mass is 811 g/mol. The molecule has 1 aliphatic rings. The first-order valence-electron chi connectivity index (χ1n) is 19.7. The molecule has 8 aromatic rings. The van der Waals surface area contributed by atoms with Crippen LogP contribution in [0, 0.1) is 6.92 Å². The molecular formula is C48H53N5OS3. The maximum absolute atomic E-state index is 5.17. The number of methoxy groups -OCH3 is 1. The van der Waals surface area contributed by atoms with Crippen molar-refractivity contribution in [2.24, 2.45) is 4.99 Å². The van der Waals surface area contributed by atoms with Gasteiger partial charge in [0.25, 0.3) is 0 Å². The lowest BCUT2D eigenvalue weighted by atomic mass is 10.0. The minimum atomic E-state index is 0.499. The molecule has 0 saturated heterocycles. The number of pyridine rings is 1. The van der Waals surface area contributed by atoms with Gasteiger partial charge in [-0.2, -0.15) is 0 Å². The van der Waals surface area contributed by atoms with Crippen LogP contribution in [0.1, 0.15) is 111 Å². The van der Waals surface area contributed by atoms with Crippen LogP contribution in [0.3, 0.4) is 0 Å². The van der Waals surface area contributed by atoms with E-state index in [2.05, 4.69) is 142 Å². The maximum Gasteiger partial charge on any atom is 0.120 e. The van der Waals surface area contributed by atoms with Crippen LogP contribution in [0.25, 0.3) is 47.1 Å². The van der Waals surface area contributed by atoms with Crippen LogP contribution in [-0.4, -0.2) is 39.8 Å². The van der Waals surface area contributed by atoms with Crippen molar-refractivity contribution in [1.29, 1.82) is 0 Å². The van der Waals surface area contributed by atoms with Crippen LogP contribution in [0.15, 0.2) is 102 Å². The van der Waals surface area contributed by atoms with E-state index in [1.807, 2.05) is 60.1 Å². The SMILES string of the molecule is CC(C)c1cnc2ccccc2c1.CC(C)c1nc2ccc(C3=CCN=C3)cc2s1.COc1ccc2nc(C(C)C)sc2c1.Cc1ccc2nc(C(C)C)sc2c1. The van der Waals surface area contributed by atoms with Gasteiger partial charge in [0.2, 0.25) is 0 Å². The van der Waals surface area contributed by atoms with E-state index in [4.69, 9.17) is 4.74 Å². The first kappa shape index (κ1) is 41.8. The highest BCUT2D eigenvalue weighted by molar-refractivity contribution is 7.19. The molecule has 4 aromatic carbocycles. The zero-order chi connectivity index (χ0) is 40.6. The van der Waals surface area contributed by atoms with Crippen molar-refractivity contribution >= 4 is 87.4 Å². The van der Waals surface area contributed by atoms with Crippen molar-refractivity contribution in [3.63, 3.8) is 0 Å². The number of rotatable bonds is 6. The van der Waals surface area contributed by atoms with Crippen LogP contribution < -0.4 is 4.74 Å². The third-order valence-corrected chi connectivity index (χ3v) is 13.3. The molecule has 9 heteroatoms. The van der Waals surface area contributed by atoms with Gasteiger partial charge in [0.1, 0.15) is 5.75 Å². The molecular weight excluding hydrogens is 759 g/mol. The van der Waals surface area contributed by atoms with Gasteiger partial charge in [-0.1, -0.05) is 91.8 Å². The molecule has 57 heavy (non-hydrogen) atoms. The number of aryl methyl sites for hydroxylation is 1. The van der Waals surface area contributed by atoms with Gasteiger partial charge in [0.15, 0.2) is 0 Å². The van der Waals surface area contributed by atoms with Crippen LogP contribution in [0.4, 0.5) is 0 Å². The Hall–Kier alpha value is -4.83. The zero-order valence-corrected chi connectivity index (χ0v) is 37.2. The number of aliphatic imine (C=N–C) groups is 1. The highest BCUT2D eigenvalue weighted by Crippen LogP contribution is 2.32. The molecule has 0 fully saturated rings. The fraction of sp³-hybridized carbons (Fsp3) is 0.312. The van der Waals surface area contributed by atoms with Crippen molar-refractivity contribution in [2.75, 3.05) is 13.7 Å². The summed E-state index contributed by atoms with van der Waals surface area (Å²) in [5.74, 6) is 2.99. The van der Waals surface area contributed by atoms with E-state index >= 15 is 0 Å². The van der Waals surface area contributed by atoms with Crippen molar-refractivity contribution in [2.45, 2.75) is 86.0 Å². The van der Waals surface area contributed by atoms with E-state index in [9.17, 15) is 0 Å². The van der Waals surface area contributed by atoms with Gasteiger partial charge >= 0.3 is 0 Å². The summed E-state index contributed by atoms with van der Waals surface area (Å²) in [6.07, 6.45) is 6.07. The summed E-state index contributed by atoms with van der Waals surface area (Å²) in [6, 6.07) is 29.3. The van der Waals surface area contributed by atoms with Gasteiger partial charge < -0.3 is 4.74 Å². The summed E-state index contributed by atoms with van der Waals surface area (Å²) in [6.45, 7) is 20.4. The van der Waals surface area contributed by atoms with E-state index in [1.165, 1.54) is 56.8 Å². The summed E-state index contributed by atoms with van der Waals surface area (Å²) < 4.78 is 8.95. The second-order valence-corrected chi connectivity index (χ2v) is 18.6. The van der Waals surface area contributed by atoms with Crippen LogP contribution in [0.5, 0.6) is 5.75 Å². The maximum atomic E-state index is 5.17. The molecule has 0 atom stereocenters. The minimum Gasteiger partial charge on any atom is -0.497 e. The molecule has 0 amide bonds. The number of benzene rings is 4. The van der Waals surface area contributed by atoms with Crippen LogP contribution in [0.2, 0.25) is 0 Å². The molecule has 0 spiro atoms. The first-order valence-corrected chi connectivity index (χ1v) is 22.1. The van der Waals surface area contributed by atoms with Gasteiger partial charge in [-0.05, 0) is 89.7 Å². The van der Waals surface area contributed by atoms with E-state index < -0.39 is 0 Å². The second-order valence-electron chi connectivity index (χ2n) is 15.4. The fourth-order valence-corrected chi connectivity index (χ4v) is 8.99. The molecule has 0 aliphatic carbocycles. The number of para-hydroxylation sites is 1. The first-order chi connectivity index (χ1) is 27.4. The Morgan fingerprint density at radius 2 is 1.14 bits per heavy atom. The summed E-state index contributed by atoms with van der Waals surface area (Å²) >= 11 is 5.35. The predicted octanol–water partition coefficient (Wildman–Crippen LogP) is 14.4. The molecule has 0 saturated carbocycles. The van der Waals surface area contributed by atoms with Crippen LogP contribution >= 0.6 is 34.0 Å². The van der Waals surface area contributed by atoms with E-state index in [1.54, 1.807) is 29.8 Å². The third kappa shape index (κ3) is 10.8. The summed E-state index contributed by atoms with van der Waals surface area (Å²) in [5, 5.41) is 4.87. The lowest BCUT2D eigenvalue weighted by molar-refractivity contribution is 0.415. The number of allylic oxidation sites excluding steroid dienone is 1. The molecule has 0 N–H and O–H groups in total. The molecule has 4 aromatic heterocycles. The van der Waals surface area contributed by atoms with Gasteiger partial charge in [-0.3, -0.25) is 9.98 Å². The number of aromatic nitrogens is 4. The Kier molecular flexibility index (Phi) is 14.0. The molecule has 5 heterocycles. The summed E-state index contributed by atoms with van der Waals surface area (Å²) in [7, 11) is 1.69. The third-order valence-electron chi connectivity index (χ3n) is 9.32. The molecule has 1 aliphatic heterocycles. The Morgan fingerprint density at radius 3 is 1.70 bits per heavy atom. The Balaban J connectivity index is 0.000000129. The van der Waals surface area contributed by atoms with E-state index in [0.717, 1.165) is 34.4 Å². The van der Waals surface area contributed by atoms with Crippen molar-refractivity contribution in [3.05, 3.63) is 129 Å². The van der Waals surface area contributed by atoms with Gasteiger partial charge in [0.05, 0.1) is 64.8 Å². The van der Waals surface area contributed by atoms with E-state index in [0.29, 0.717) is 23.7 Å². The smallest absolute Gasteiger partial charge is 0.120 e. The Bertz CT molecular complexity index is 2640. The second kappa shape index (κ2) is 19.1. The molecule has 0 radical (unpaired) electrons. The predicted molar refractivity (Wildman–Crippen MR) is 250 cm³/mol. The summed E-state index contributed by atoms with van der Waals surface area (Å²) in [4.78, 5) is 22.4. The molecule has 6 nitrogen and oxygen atoms in total. The average molecular weight is 812 g/mol. The Labute approximate surface area is 349 Å². The number of ether oxygens (including phenoxy) is 1. The van der Waals surface area contributed by atoms with E-state index in [-0.39, 0.29) is 0 Å².